The Labute approximate surface area is 136 Å². The van der Waals surface area contributed by atoms with Gasteiger partial charge in [-0.3, -0.25) is 0 Å². The summed E-state index contributed by atoms with van der Waals surface area (Å²) in [6.07, 6.45) is 1.75. The molecule has 0 amide bonds. The smallest absolute Gasteiger partial charge is 0.127 e. The first-order chi connectivity index (χ1) is 11.2. The quantitative estimate of drug-likeness (QED) is 0.579. The van der Waals surface area contributed by atoms with Crippen LogP contribution in [-0.4, -0.2) is 0 Å². The van der Waals surface area contributed by atoms with E-state index in [9.17, 15) is 0 Å². The van der Waals surface area contributed by atoms with Gasteiger partial charge in [-0.15, -0.1) is 0 Å². The summed E-state index contributed by atoms with van der Waals surface area (Å²) in [5.74, 6) is 3.78. The molecule has 0 N–H and O–H groups in total. The first kappa shape index (κ1) is 15.2. The van der Waals surface area contributed by atoms with Crippen LogP contribution < -0.4 is 9.47 Å². The lowest BCUT2D eigenvalue weighted by atomic mass is 10.1. The van der Waals surface area contributed by atoms with Crippen LogP contribution in [0.4, 0.5) is 0 Å². The molecular weight excluding hydrogens is 288 g/mol. The Morgan fingerprint density at radius 2 is 1.52 bits per heavy atom. The van der Waals surface area contributed by atoms with Gasteiger partial charge in [-0.05, 0) is 42.5 Å². The molecule has 0 aliphatic heterocycles. The standard InChI is InChI=1S/C20H20O3/c1-15(2)20-12-16(14-22-20)13-21-17-8-10-19(11-9-17)23-18-6-4-3-5-7-18/h3-12,14-15H,13H2,1-2H3. The van der Waals surface area contributed by atoms with E-state index in [1.807, 2.05) is 60.7 Å². The number of hydrogen-bond acceptors (Lipinski definition) is 3. The van der Waals surface area contributed by atoms with Crippen molar-refractivity contribution >= 4 is 0 Å². The first-order valence-corrected chi connectivity index (χ1v) is 7.74. The van der Waals surface area contributed by atoms with Gasteiger partial charge in [0.2, 0.25) is 0 Å². The zero-order valence-corrected chi connectivity index (χ0v) is 13.4. The zero-order valence-electron chi connectivity index (χ0n) is 13.4. The number of para-hydroxylation sites is 1. The second-order valence-corrected chi connectivity index (χ2v) is 5.69. The SMILES string of the molecule is CC(C)c1cc(COc2ccc(Oc3ccccc3)cc2)co1. The van der Waals surface area contributed by atoms with Gasteiger partial charge in [0.25, 0.3) is 0 Å². The van der Waals surface area contributed by atoms with Crippen molar-refractivity contribution in [2.75, 3.05) is 0 Å². The van der Waals surface area contributed by atoms with Crippen molar-refractivity contribution in [3.05, 3.63) is 78.3 Å². The molecule has 0 saturated carbocycles. The van der Waals surface area contributed by atoms with Crippen molar-refractivity contribution in [2.45, 2.75) is 26.4 Å². The van der Waals surface area contributed by atoms with Crippen molar-refractivity contribution < 1.29 is 13.9 Å². The highest BCUT2D eigenvalue weighted by Gasteiger charge is 2.06. The topological polar surface area (TPSA) is 31.6 Å². The molecule has 0 unspecified atom stereocenters. The zero-order chi connectivity index (χ0) is 16.1. The summed E-state index contributed by atoms with van der Waals surface area (Å²) in [6.45, 7) is 4.71. The number of rotatable bonds is 6. The Hall–Kier alpha value is -2.68. The summed E-state index contributed by atoms with van der Waals surface area (Å²) < 4.78 is 17.0. The van der Waals surface area contributed by atoms with E-state index in [1.165, 1.54) is 0 Å². The molecule has 118 valence electrons. The van der Waals surface area contributed by atoms with Crippen molar-refractivity contribution in [3.8, 4) is 17.2 Å². The minimum atomic E-state index is 0.387. The predicted octanol–water partition coefficient (Wildman–Crippen LogP) is 5.77. The largest absolute Gasteiger partial charge is 0.489 e. The molecule has 2 aromatic carbocycles. The van der Waals surface area contributed by atoms with Crippen LogP contribution >= 0.6 is 0 Å². The van der Waals surface area contributed by atoms with Crippen LogP contribution in [0.15, 0.2) is 71.3 Å². The third-order valence-corrected chi connectivity index (χ3v) is 3.45. The van der Waals surface area contributed by atoms with Crippen molar-refractivity contribution in [1.82, 2.24) is 0 Å². The number of ether oxygens (including phenoxy) is 2. The van der Waals surface area contributed by atoms with Gasteiger partial charge in [0.1, 0.15) is 29.6 Å². The highest BCUT2D eigenvalue weighted by molar-refractivity contribution is 5.35. The minimum absolute atomic E-state index is 0.387. The fraction of sp³-hybridized carbons (Fsp3) is 0.200. The molecule has 3 aromatic rings. The van der Waals surface area contributed by atoms with Gasteiger partial charge in [0.05, 0.1) is 6.26 Å². The van der Waals surface area contributed by atoms with Crippen LogP contribution in [0, 0.1) is 0 Å². The summed E-state index contributed by atoms with van der Waals surface area (Å²) >= 11 is 0. The number of benzene rings is 2. The Balaban J connectivity index is 1.56. The Bertz CT molecular complexity index is 727. The number of hydrogen-bond donors (Lipinski definition) is 0. The van der Waals surface area contributed by atoms with Crippen LogP contribution in [-0.2, 0) is 6.61 Å². The fourth-order valence-electron chi connectivity index (χ4n) is 2.17. The molecule has 23 heavy (non-hydrogen) atoms. The molecule has 1 heterocycles. The lowest BCUT2D eigenvalue weighted by molar-refractivity contribution is 0.304. The van der Waals surface area contributed by atoms with E-state index >= 15 is 0 Å². The highest BCUT2D eigenvalue weighted by Crippen LogP contribution is 2.24. The van der Waals surface area contributed by atoms with Gasteiger partial charge in [0, 0.05) is 11.5 Å². The van der Waals surface area contributed by atoms with Crippen LogP contribution in [0.1, 0.15) is 31.1 Å². The molecule has 3 heteroatoms. The molecule has 0 aliphatic carbocycles. The Morgan fingerprint density at radius 3 is 2.17 bits per heavy atom. The molecular formula is C20H20O3. The van der Waals surface area contributed by atoms with Gasteiger partial charge in [-0.2, -0.15) is 0 Å². The second-order valence-electron chi connectivity index (χ2n) is 5.69. The molecule has 0 saturated heterocycles. The molecule has 0 fully saturated rings. The van der Waals surface area contributed by atoms with E-state index in [4.69, 9.17) is 13.9 Å². The normalized spacial score (nSPS) is 10.7. The minimum Gasteiger partial charge on any atom is -0.489 e. The molecule has 3 rings (SSSR count). The predicted molar refractivity (Wildman–Crippen MR) is 90.1 cm³/mol. The van der Waals surface area contributed by atoms with E-state index < -0.39 is 0 Å². The molecule has 3 nitrogen and oxygen atoms in total. The molecule has 0 radical (unpaired) electrons. The van der Waals surface area contributed by atoms with E-state index in [0.717, 1.165) is 28.6 Å². The first-order valence-electron chi connectivity index (χ1n) is 7.74. The lowest BCUT2D eigenvalue weighted by Gasteiger charge is -2.07. The third-order valence-electron chi connectivity index (χ3n) is 3.45. The Kier molecular flexibility index (Phi) is 4.67. The monoisotopic (exact) mass is 308 g/mol. The van der Waals surface area contributed by atoms with Gasteiger partial charge >= 0.3 is 0 Å². The molecule has 0 atom stereocenters. The van der Waals surface area contributed by atoms with Gasteiger partial charge in [-0.1, -0.05) is 32.0 Å². The summed E-state index contributed by atoms with van der Waals surface area (Å²) in [6, 6.07) is 19.4. The molecule has 1 aromatic heterocycles. The van der Waals surface area contributed by atoms with Crippen LogP contribution in [0.25, 0.3) is 0 Å². The Morgan fingerprint density at radius 1 is 0.870 bits per heavy atom. The summed E-state index contributed by atoms with van der Waals surface area (Å²) in [7, 11) is 0. The van der Waals surface area contributed by atoms with Gasteiger partial charge in [0.15, 0.2) is 0 Å². The van der Waals surface area contributed by atoms with E-state index in [-0.39, 0.29) is 0 Å². The van der Waals surface area contributed by atoms with Crippen LogP contribution in [0.2, 0.25) is 0 Å². The van der Waals surface area contributed by atoms with Crippen molar-refractivity contribution in [1.29, 1.82) is 0 Å². The van der Waals surface area contributed by atoms with E-state index in [2.05, 4.69) is 13.8 Å². The average molecular weight is 308 g/mol. The van der Waals surface area contributed by atoms with Gasteiger partial charge in [-0.25, -0.2) is 0 Å². The maximum absolute atomic E-state index is 5.77. The van der Waals surface area contributed by atoms with E-state index in [0.29, 0.717) is 12.5 Å². The number of furan rings is 1. The highest BCUT2D eigenvalue weighted by atomic mass is 16.5. The molecule has 0 bridgehead atoms. The summed E-state index contributed by atoms with van der Waals surface area (Å²) in [4.78, 5) is 0. The summed E-state index contributed by atoms with van der Waals surface area (Å²) in [5, 5.41) is 0. The second kappa shape index (κ2) is 7.05. The molecule has 0 aliphatic rings. The van der Waals surface area contributed by atoms with Crippen molar-refractivity contribution in [2.24, 2.45) is 0 Å². The molecule has 0 spiro atoms. The maximum Gasteiger partial charge on any atom is 0.127 e. The summed E-state index contributed by atoms with van der Waals surface area (Å²) in [5.41, 5.74) is 1.04. The van der Waals surface area contributed by atoms with E-state index in [1.54, 1.807) is 6.26 Å². The van der Waals surface area contributed by atoms with Gasteiger partial charge < -0.3 is 13.9 Å². The fourth-order valence-corrected chi connectivity index (χ4v) is 2.17. The third kappa shape index (κ3) is 4.16. The van der Waals surface area contributed by atoms with Crippen LogP contribution in [0.5, 0.6) is 17.2 Å². The van der Waals surface area contributed by atoms with Crippen LogP contribution in [0.3, 0.4) is 0 Å². The lowest BCUT2D eigenvalue weighted by Crippen LogP contribution is -1.94. The average Bonchev–Trinajstić information content (AvgIpc) is 3.04. The maximum atomic E-state index is 5.77. The van der Waals surface area contributed by atoms with Crippen molar-refractivity contribution in [3.63, 3.8) is 0 Å².